The van der Waals surface area contributed by atoms with Crippen LogP contribution in [0.3, 0.4) is 0 Å². The number of alkyl halides is 3. The molecule has 4 aromatic rings. The number of anilines is 1. The van der Waals surface area contributed by atoms with E-state index >= 15 is 0 Å². The van der Waals surface area contributed by atoms with Gasteiger partial charge in [-0.15, -0.1) is 11.3 Å². The van der Waals surface area contributed by atoms with Gasteiger partial charge in [0.2, 0.25) is 0 Å². The molecule has 4 nitrogen and oxygen atoms in total. The first-order valence-electron chi connectivity index (χ1n) is 9.50. The van der Waals surface area contributed by atoms with Crippen molar-refractivity contribution in [1.82, 2.24) is 14.4 Å². The molecular formula is C23H19F3N4S. The molecule has 3 heterocycles. The average molecular weight is 440 g/mol. The summed E-state index contributed by atoms with van der Waals surface area (Å²) in [5.41, 5.74) is 0.924. The van der Waals surface area contributed by atoms with Gasteiger partial charge in [-0.25, -0.2) is 4.98 Å². The Hall–Kier alpha value is -3.31. The van der Waals surface area contributed by atoms with E-state index in [0.717, 1.165) is 33.4 Å². The summed E-state index contributed by atoms with van der Waals surface area (Å²) in [4.78, 5) is 10.5. The van der Waals surface area contributed by atoms with Crippen LogP contribution >= 0.6 is 11.3 Å². The van der Waals surface area contributed by atoms with Crippen molar-refractivity contribution in [3.8, 4) is 22.4 Å². The fraction of sp³-hybridized carbons (Fsp3) is 0.217. The molecule has 0 saturated carbocycles. The Labute approximate surface area is 181 Å². The Morgan fingerprint density at radius 2 is 1.87 bits per heavy atom. The van der Waals surface area contributed by atoms with Crippen molar-refractivity contribution in [3.63, 3.8) is 0 Å². The first-order chi connectivity index (χ1) is 14.6. The van der Waals surface area contributed by atoms with Crippen molar-refractivity contribution < 1.29 is 13.2 Å². The second-order valence-electron chi connectivity index (χ2n) is 7.98. The van der Waals surface area contributed by atoms with Crippen LogP contribution in [-0.4, -0.2) is 19.9 Å². The fourth-order valence-corrected chi connectivity index (χ4v) is 3.84. The molecule has 158 valence electrons. The molecule has 31 heavy (non-hydrogen) atoms. The van der Waals surface area contributed by atoms with E-state index in [2.05, 4.69) is 42.9 Å². The Balaban J connectivity index is 1.69. The highest BCUT2D eigenvalue weighted by atomic mass is 32.1. The lowest BCUT2D eigenvalue weighted by atomic mass is 10.1. The van der Waals surface area contributed by atoms with Crippen LogP contribution in [0, 0.1) is 11.8 Å². The molecule has 4 rings (SSSR count). The molecule has 0 amide bonds. The molecule has 3 aromatic heterocycles. The lowest BCUT2D eigenvalue weighted by molar-refractivity contribution is -0.137. The number of hydrogen-bond donors (Lipinski definition) is 1. The van der Waals surface area contributed by atoms with Crippen LogP contribution in [0.15, 0.2) is 55.0 Å². The van der Waals surface area contributed by atoms with Gasteiger partial charge in [-0.1, -0.05) is 17.9 Å². The quantitative estimate of drug-likeness (QED) is 0.384. The number of nitrogens with zero attached hydrogens (tertiary/aromatic N) is 3. The van der Waals surface area contributed by atoms with Crippen molar-refractivity contribution in [2.24, 2.45) is 0 Å². The molecule has 1 N–H and O–H groups in total. The van der Waals surface area contributed by atoms with Crippen molar-refractivity contribution in [3.05, 3.63) is 71.0 Å². The Morgan fingerprint density at radius 1 is 1.06 bits per heavy atom. The van der Waals surface area contributed by atoms with E-state index < -0.39 is 11.7 Å². The van der Waals surface area contributed by atoms with Gasteiger partial charge in [0.15, 0.2) is 5.65 Å². The largest absolute Gasteiger partial charge is 0.416 e. The molecule has 0 bridgehead atoms. The Kier molecular flexibility index (Phi) is 5.23. The van der Waals surface area contributed by atoms with Gasteiger partial charge in [0.1, 0.15) is 11.5 Å². The molecule has 1 aromatic carbocycles. The third-order valence-electron chi connectivity index (χ3n) is 4.28. The smallest absolute Gasteiger partial charge is 0.365 e. The predicted octanol–water partition coefficient (Wildman–Crippen LogP) is 6.09. The van der Waals surface area contributed by atoms with Gasteiger partial charge in [-0.2, -0.15) is 13.2 Å². The average Bonchev–Trinajstić information content (AvgIpc) is 3.30. The molecular weight excluding hydrogens is 421 g/mol. The van der Waals surface area contributed by atoms with Crippen molar-refractivity contribution in [2.45, 2.75) is 32.5 Å². The second-order valence-corrected chi connectivity index (χ2v) is 9.06. The lowest BCUT2D eigenvalue weighted by Crippen LogP contribution is -2.27. The number of fused-ring (bicyclic) bond motifs is 1. The van der Waals surface area contributed by atoms with Gasteiger partial charge in [0.25, 0.3) is 0 Å². The van der Waals surface area contributed by atoms with Gasteiger partial charge < -0.3 is 5.32 Å². The van der Waals surface area contributed by atoms with Gasteiger partial charge in [-0.3, -0.25) is 9.38 Å². The van der Waals surface area contributed by atoms with Gasteiger partial charge >= 0.3 is 6.18 Å². The maximum Gasteiger partial charge on any atom is 0.416 e. The predicted molar refractivity (Wildman–Crippen MR) is 117 cm³/mol. The summed E-state index contributed by atoms with van der Waals surface area (Å²) in [6, 6.07) is 8.80. The second kappa shape index (κ2) is 7.75. The van der Waals surface area contributed by atoms with E-state index in [1.807, 2.05) is 22.7 Å². The van der Waals surface area contributed by atoms with E-state index in [0.29, 0.717) is 11.2 Å². The van der Waals surface area contributed by atoms with Crippen LogP contribution in [0.1, 0.15) is 36.8 Å². The minimum absolute atomic E-state index is 0.183. The number of hydrogen-bond acceptors (Lipinski definition) is 4. The van der Waals surface area contributed by atoms with E-state index in [9.17, 15) is 13.2 Å². The molecule has 0 aliphatic rings. The van der Waals surface area contributed by atoms with E-state index in [-0.39, 0.29) is 5.54 Å². The minimum atomic E-state index is -4.39. The molecule has 0 unspecified atom stereocenters. The molecule has 0 fully saturated rings. The van der Waals surface area contributed by atoms with Crippen LogP contribution in [0.25, 0.3) is 16.2 Å². The standard InChI is InChI=1S/C23H19F3N4S/c1-22(2,3)29-21-20(28-19-14-27-11-12-30(19)21)18-10-9-17(31-18)8-7-15-5-4-6-16(13-15)23(24,25)26/h4-6,9-14,29H,1-3H3. The highest BCUT2D eigenvalue weighted by Gasteiger charge is 2.30. The van der Waals surface area contributed by atoms with Crippen LogP contribution in [0.2, 0.25) is 0 Å². The molecule has 0 radical (unpaired) electrons. The van der Waals surface area contributed by atoms with Crippen LogP contribution in [-0.2, 0) is 6.18 Å². The first kappa shape index (κ1) is 20.9. The molecule has 0 atom stereocenters. The topological polar surface area (TPSA) is 42.2 Å². The van der Waals surface area contributed by atoms with Crippen LogP contribution < -0.4 is 5.32 Å². The fourth-order valence-electron chi connectivity index (χ4n) is 2.99. The number of benzene rings is 1. The van der Waals surface area contributed by atoms with E-state index in [1.165, 1.54) is 17.4 Å². The monoisotopic (exact) mass is 440 g/mol. The van der Waals surface area contributed by atoms with Gasteiger partial charge in [0.05, 0.1) is 21.5 Å². The number of rotatable bonds is 2. The molecule has 0 aliphatic carbocycles. The van der Waals surface area contributed by atoms with Crippen LogP contribution in [0.5, 0.6) is 0 Å². The lowest BCUT2D eigenvalue weighted by Gasteiger charge is -2.22. The van der Waals surface area contributed by atoms with Gasteiger partial charge in [-0.05, 0) is 51.1 Å². The first-order valence-corrected chi connectivity index (χ1v) is 10.3. The highest BCUT2D eigenvalue weighted by Crippen LogP contribution is 2.35. The van der Waals surface area contributed by atoms with Crippen molar-refractivity contribution in [1.29, 1.82) is 0 Å². The summed E-state index contributed by atoms with van der Waals surface area (Å²) in [5, 5.41) is 3.50. The maximum atomic E-state index is 12.9. The number of imidazole rings is 1. The molecule has 8 heteroatoms. The van der Waals surface area contributed by atoms with Crippen molar-refractivity contribution in [2.75, 3.05) is 5.32 Å². The molecule has 0 saturated heterocycles. The van der Waals surface area contributed by atoms with E-state index in [1.54, 1.807) is 18.5 Å². The number of thiophene rings is 1. The Morgan fingerprint density at radius 3 is 2.61 bits per heavy atom. The summed E-state index contributed by atoms with van der Waals surface area (Å²) in [7, 11) is 0. The van der Waals surface area contributed by atoms with Gasteiger partial charge in [0, 0.05) is 23.5 Å². The molecule has 0 aliphatic heterocycles. The summed E-state index contributed by atoms with van der Waals surface area (Å²) in [5.74, 6) is 6.64. The number of nitrogens with one attached hydrogen (secondary N) is 1. The zero-order valence-corrected chi connectivity index (χ0v) is 17.9. The number of aromatic nitrogens is 3. The highest BCUT2D eigenvalue weighted by molar-refractivity contribution is 7.16. The SMILES string of the molecule is CC(C)(C)Nc1c(-c2ccc(C#Cc3cccc(C(F)(F)F)c3)s2)nc2cnccn12. The third-order valence-corrected chi connectivity index (χ3v) is 5.29. The number of halogens is 3. The zero-order chi connectivity index (χ0) is 22.2. The molecule has 0 spiro atoms. The van der Waals surface area contributed by atoms with Crippen LogP contribution in [0.4, 0.5) is 19.0 Å². The summed E-state index contributed by atoms with van der Waals surface area (Å²) in [6.45, 7) is 6.20. The maximum absolute atomic E-state index is 12.9. The third kappa shape index (κ3) is 4.72. The summed E-state index contributed by atoms with van der Waals surface area (Å²) >= 11 is 1.44. The zero-order valence-electron chi connectivity index (χ0n) is 17.1. The summed E-state index contributed by atoms with van der Waals surface area (Å²) in [6.07, 6.45) is 0.857. The minimum Gasteiger partial charge on any atom is -0.365 e. The van der Waals surface area contributed by atoms with E-state index in [4.69, 9.17) is 4.98 Å². The Bertz CT molecular complexity index is 1300. The normalized spacial score (nSPS) is 11.9. The van der Waals surface area contributed by atoms with Crippen molar-refractivity contribution >= 4 is 22.8 Å². The summed E-state index contributed by atoms with van der Waals surface area (Å²) < 4.78 is 40.6.